The van der Waals surface area contributed by atoms with Gasteiger partial charge in [-0.1, -0.05) is 20.3 Å². The fraction of sp³-hybridized carbons (Fsp3) is 0.882. The number of hydrogen-bond donors (Lipinski definition) is 1. The highest BCUT2D eigenvalue weighted by Crippen LogP contribution is 2.65. The number of carbonyl (C=O) groups is 2. The Labute approximate surface area is 126 Å². The van der Waals surface area contributed by atoms with Crippen molar-refractivity contribution in [3.63, 3.8) is 0 Å². The Balaban J connectivity index is 1.82. The van der Waals surface area contributed by atoms with Crippen molar-refractivity contribution in [3.8, 4) is 0 Å². The molecule has 1 N–H and O–H groups in total. The normalized spacial score (nSPS) is 41.8. The SMILES string of the molecule is CCC(C)C1(OC(=O)CC(=O)O)CC2CC1C1CCCC21. The van der Waals surface area contributed by atoms with Gasteiger partial charge < -0.3 is 9.84 Å². The van der Waals surface area contributed by atoms with Gasteiger partial charge in [0.05, 0.1) is 0 Å². The van der Waals surface area contributed by atoms with E-state index < -0.39 is 24.0 Å². The van der Waals surface area contributed by atoms with Gasteiger partial charge in [-0.05, 0) is 55.8 Å². The second-order valence-electron chi connectivity index (χ2n) is 7.37. The van der Waals surface area contributed by atoms with Crippen molar-refractivity contribution in [2.45, 2.75) is 64.4 Å². The summed E-state index contributed by atoms with van der Waals surface area (Å²) in [6, 6.07) is 0. The van der Waals surface area contributed by atoms with E-state index in [1.54, 1.807) is 0 Å². The summed E-state index contributed by atoms with van der Waals surface area (Å²) in [5.74, 6) is 1.36. The van der Waals surface area contributed by atoms with Gasteiger partial charge in [-0.15, -0.1) is 0 Å². The number of fused-ring (bicyclic) bond motifs is 5. The van der Waals surface area contributed by atoms with Crippen LogP contribution >= 0.6 is 0 Å². The van der Waals surface area contributed by atoms with Gasteiger partial charge in [0.1, 0.15) is 12.0 Å². The van der Waals surface area contributed by atoms with Gasteiger partial charge in [-0.25, -0.2) is 0 Å². The zero-order valence-corrected chi connectivity index (χ0v) is 13.0. The van der Waals surface area contributed by atoms with Crippen LogP contribution in [0.15, 0.2) is 0 Å². The zero-order valence-electron chi connectivity index (χ0n) is 13.0. The highest BCUT2D eigenvalue weighted by molar-refractivity contribution is 5.90. The van der Waals surface area contributed by atoms with E-state index in [0.717, 1.165) is 18.8 Å². The van der Waals surface area contributed by atoms with Gasteiger partial charge in [0.15, 0.2) is 0 Å². The molecule has 0 heterocycles. The van der Waals surface area contributed by atoms with Crippen molar-refractivity contribution in [1.82, 2.24) is 0 Å². The number of carboxylic acid groups (broad SMARTS) is 1. The summed E-state index contributed by atoms with van der Waals surface area (Å²) in [5, 5.41) is 8.82. The molecule has 3 aliphatic rings. The highest BCUT2D eigenvalue weighted by atomic mass is 16.6. The molecule has 3 aliphatic carbocycles. The fourth-order valence-electron chi connectivity index (χ4n) is 5.64. The number of aliphatic carboxylic acids is 1. The number of carboxylic acids is 1. The maximum atomic E-state index is 12.0. The molecule has 0 aromatic heterocycles. The predicted octanol–water partition coefficient (Wildman–Crippen LogP) is 3.25. The van der Waals surface area contributed by atoms with E-state index in [-0.39, 0.29) is 0 Å². The quantitative estimate of drug-likeness (QED) is 0.624. The summed E-state index contributed by atoms with van der Waals surface area (Å²) < 4.78 is 5.88. The third-order valence-corrected chi connectivity index (χ3v) is 6.56. The Morgan fingerprint density at radius 2 is 2.05 bits per heavy atom. The fourth-order valence-corrected chi connectivity index (χ4v) is 5.64. The van der Waals surface area contributed by atoms with Crippen LogP contribution in [0.5, 0.6) is 0 Å². The van der Waals surface area contributed by atoms with Crippen LogP contribution in [0.2, 0.25) is 0 Å². The van der Waals surface area contributed by atoms with E-state index in [2.05, 4.69) is 13.8 Å². The number of carbonyl (C=O) groups excluding carboxylic acids is 1. The first-order valence-corrected chi connectivity index (χ1v) is 8.41. The van der Waals surface area contributed by atoms with Crippen molar-refractivity contribution >= 4 is 11.9 Å². The lowest BCUT2D eigenvalue weighted by Gasteiger charge is -2.46. The van der Waals surface area contributed by atoms with E-state index >= 15 is 0 Å². The van der Waals surface area contributed by atoms with Crippen molar-refractivity contribution in [1.29, 1.82) is 0 Å². The molecule has 0 aromatic carbocycles. The topological polar surface area (TPSA) is 63.6 Å². The van der Waals surface area contributed by atoms with Crippen LogP contribution in [0.1, 0.15) is 58.8 Å². The highest BCUT2D eigenvalue weighted by Gasteiger charge is 2.64. The molecule has 21 heavy (non-hydrogen) atoms. The molecule has 3 rings (SSSR count). The Morgan fingerprint density at radius 1 is 1.33 bits per heavy atom. The van der Waals surface area contributed by atoms with Crippen molar-refractivity contribution < 1.29 is 19.4 Å². The maximum Gasteiger partial charge on any atom is 0.317 e. The molecule has 3 fully saturated rings. The van der Waals surface area contributed by atoms with Crippen LogP contribution in [0.25, 0.3) is 0 Å². The third-order valence-electron chi connectivity index (χ3n) is 6.56. The molecule has 6 atom stereocenters. The summed E-state index contributed by atoms with van der Waals surface area (Å²) in [4.78, 5) is 22.8. The summed E-state index contributed by atoms with van der Waals surface area (Å²) in [6.07, 6.45) is 6.51. The van der Waals surface area contributed by atoms with Crippen molar-refractivity contribution in [3.05, 3.63) is 0 Å². The smallest absolute Gasteiger partial charge is 0.317 e. The molecule has 0 saturated heterocycles. The minimum Gasteiger partial charge on any atom is -0.481 e. The van der Waals surface area contributed by atoms with Crippen LogP contribution in [0.3, 0.4) is 0 Å². The van der Waals surface area contributed by atoms with Crippen LogP contribution < -0.4 is 0 Å². The molecule has 0 radical (unpaired) electrons. The van der Waals surface area contributed by atoms with Gasteiger partial charge >= 0.3 is 11.9 Å². The molecule has 118 valence electrons. The Bertz CT molecular complexity index is 446. The second-order valence-corrected chi connectivity index (χ2v) is 7.37. The van der Waals surface area contributed by atoms with E-state index in [9.17, 15) is 9.59 Å². The number of rotatable bonds is 5. The lowest BCUT2D eigenvalue weighted by molar-refractivity contribution is -0.181. The summed E-state index contributed by atoms with van der Waals surface area (Å²) in [7, 11) is 0. The lowest BCUT2D eigenvalue weighted by Crippen LogP contribution is -2.50. The minimum absolute atomic E-state index is 0.312. The first-order chi connectivity index (χ1) is 9.98. The summed E-state index contributed by atoms with van der Waals surface area (Å²) in [5.41, 5.74) is -0.391. The minimum atomic E-state index is -1.10. The van der Waals surface area contributed by atoms with Crippen molar-refractivity contribution in [2.75, 3.05) is 0 Å². The molecular formula is C17H26O4. The molecular weight excluding hydrogens is 268 g/mol. The Morgan fingerprint density at radius 3 is 2.71 bits per heavy atom. The van der Waals surface area contributed by atoms with E-state index in [1.807, 2.05) is 0 Å². The third kappa shape index (κ3) is 2.27. The molecule has 0 aliphatic heterocycles. The van der Waals surface area contributed by atoms with Gasteiger partial charge in [0.2, 0.25) is 0 Å². The van der Waals surface area contributed by atoms with Gasteiger partial charge in [0, 0.05) is 5.92 Å². The average Bonchev–Trinajstić information content (AvgIpc) is 3.07. The Hall–Kier alpha value is -1.06. The number of esters is 1. The van der Waals surface area contributed by atoms with E-state index in [0.29, 0.717) is 23.7 Å². The monoisotopic (exact) mass is 294 g/mol. The number of ether oxygens (including phenoxy) is 1. The zero-order chi connectivity index (χ0) is 15.2. The molecule has 0 aromatic rings. The largest absolute Gasteiger partial charge is 0.481 e. The predicted molar refractivity (Wildman–Crippen MR) is 77.6 cm³/mol. The van der Waals surface area contributed by atoms with Gasteiger partial charge in [-0.2, -0.15) is 0 Å². The first-order valence-electron chi connectivity index (χ1n) is 8.41. The standard InChI is InChI=1S/C17H26O4/c1-3-10(2)17(21-16(20)8-15(18)19)9-11-7-14(17)13-6-4-5-12(11)13/h10-14H,3-9H2,1-2H3,(H,18,19). The van der Waals surface area contributed by atoms with Crippen LogP contribution in [0.4, 0.5) is 0 Å². The van der Waals surface area contributed by atoms with Crippen LogP contribution in [-0.2, 0) is 14.3 Å². The van der Waals surface area contributed by atoms with Gasteiger partial charge in [-0.3, -0.25) is 9.59 Å². The summed E-state index contributed by atoms with van der Waals surface area (Å²) in [6.45, 7) is 4.30. The molecule has 0 amide bonds. The van der Waals surface area contributed by atoms with E-state index in [4.69, 9.17) is 9.84 Å². The maximum absolute atomic E-state index is 12.0. The Kier molecular flexibility index (Phi) is 3.74. The molecule has 0 spiro atoms. The van der Waals surface area contributed by atoms with Crippen molar-refractivity contribution in [2.24, 2.45) is 29.6 Å². The van der Waals surface area contributed by atoms with Crippen LogP contribution in [-0.4, -0.2) is 22.6 Å². The van der Waals surface area contributed by atoms with Crippen LogP contribution in [0, 0.1) is 29.6 Å². The molecule has 3 saturated carbocycles. The summed E-state index contributed by atoms with van der Waals surface area (Å²) >= 11 is 0. The molecule has 6 unspecified atom stereocenters. The first kappa shape index (κ1) is 14.9. The number of hydrogen-bond acceptors (Lipinski definition) is 3. The molecule has 4 heteroatoms. The average molecular weight is 294 g/mol. The lowest BCUT2D eigenvalue weighted by atomic mass is 9.67. The molecule has 4 nitrogen and oxygen atoms in total. The molecule has 2 bridgehead atoms. The van der Waals surface area contributed by atoms with E-state index in [1.165, 1.54) is 25.7 Å². The van der Waals surface area contributed by atoms with Gasteiger partial charge in [0.25, 0.3) is 0 Å². The second kappa shape index (κ2) is 5.29.